The Hall–Kier alpha value is -1.02. The van der Waals surface area contributed by atoms with Gasteiger partial charge < -0.3 is 30.0 Å². The Kier molecular flexibility index (Phi) is 6.82. The first-order valence-corrected chi connectivity index (χ1v) is 4.79. The van der Waals surface area contributed by atoms with Crippen LogP contribution < -0.4 is 0 Å². The minimum Gasteiger partial charge on any atom is -0.464 e. The molecule has 0 aromatic carbocycles. The zero-order valence-corrected chi connectivity index (χ0v) is 8.81. The zero-order valence-electron chi connectivity index (χ0n) is 8.81. The number of hydrogen-bond acceptors (Lipinski definition) is 7. The first kappa shape index (κ1) is 15.0. The van der Waals surface area contributed by atoms with Gasteiger partial charge in [-0.25, -0.2) is 4.79 Å². The van der Waals surface area contributed by atoms with Gasteiger partial charge >= 0.3 is 5.97 Å². The third-order valence-electron chi connectivity index (χ3n) is 1.85. The van der Waals surface area contributed by atoms with Crippen LogP contribution in [-0.2, 0) is 14.3 Å². The van der Waals surface area contributed by atoms with Crippen molar-refractivity contribution in [1.29, 1.82) is 0 Å². The van der Waals surface area contributed by atoms with Crippen LogP contribution in [0.25, 0.3) is 0 Å². The van der Waals surface area contributed by atoms with Crippen molar-refractivity contribution in [3.63, 3.8) is 0 Å². The van der Waals surface area contributed by atoms with Gasteiger partial charge in [-0.2, -0.15) is 0 Å². The summed E-state index contributed by atoms with van der Waals surface area (Å²) in [5.74, 6) is -1.12. The number of aldehydes is 1. The summed E-state index contributed by atoms with van der Waals surface area (Å²) in [6, 6.07) is 0. The molecule has 0 aromatic rings. The van der Waals surface area contributed by atoms with Crippen molar-refractivity contribution in [3.05, 3.63) is 0 Å². The maximum atomic E-state index is 11.0. The summed E-state index contributed by atoms with van der Waals surface area (Å²) in [5, 5.41) is 36.4. The molecule has 0 aliphatic rings. The van der Waals surface area contributed by atoms with E-state index in [2.05, 4.69) is 4.74 Å². The van der Waals surface area contributed by atoms with Gasteiger partial charge in [0.25, 0.3) is 0 Å². The quantitative estimate of drug-likeness (QED) is 0.286. The van der Waals surface area contributed by atoms with Crippen LogP contribution in [0.3, 0.4) is 0 Å². The zero-order chi connectivity index (χ0) is 12.7. The van der Waals surface area contributed by atoms with E-state index in [-0.39, 0.29) is 12.9 Å². The Morgan fingerprint density at radius 3 is 2.25 bits per heavy atom. The SMILES string of the molecule is CCCOC(=O)[C@@H](O)[C@@H](O)[C@@H](O)[C@@H](O)C=O. The highest BCUT2D eigenvalue weighted by Gasteiger charge is 2.35. The molecule has 0 heterocycles. The van der Waals surface area contributed by atoms with Crippen molar-refractivity contribution in [3.8, 4) is 0 Å². The van der Waals surface area contributed by atoms with Crippen molar-refractivity contribution in [2.45, 2.75) is 37.8 Å². The molecule has 0 radical (unpaired) electrons. The van der Waals surface area contributed by atoms with Crippen molar-refractivity contribution in [2.75, 3.05) is 6.61 Å². The summed E-state index contributed by atoms with van der Waals surface area (Å²) in [4.78, 5) is 21.1. The molecule has 7 nitrogen and oxygen atoms in total. The van der Waals surface area contributed by atoms with Gasteiger partial charge in [-0.15, -0.1) is 0 Å². The molecule has 94 valence electrons. The van der Waals surface area contributed by atoms with Crippen LogP contribution in [0.5, 0.6) is 0 Å². The number of carbonyl (C=O) groups is 2. The normalized spacial score (nSPS) is 18.3. The van der Waals surface area contributed by atoms with Crippen LogP contribution in [-0.4, -0.2) is 63.7 Å². The lowest BCUT2D eigenvalue weighted by molar-refractivity contribution is -0.169. The minimum absolute atomic E-state index is 0.0159. The molecule has 0 aliphatic heterocycles. The van der Waals surface area contributed by atoms with Crippen molar-refractivity contribution >= 4 is 12.3 Å². The first-order chi connectivity index (χ1) is 7.45. The monoisotopic (exact) mass is 236 g/mol. The highest BCUT2D eigenvalue weighted by Crippen LogP contribution is 2.05. The second kappa shape index (κ2) is 7.29. The van der Waals surface area contributed by atoms with Crippen LogP contribution >= 0.6 is 0 Å². The van der Waals surface area contributed by atoms with E-state index >= 15 is 0 Å². The van der Waals surface area contributed by atoms with Gasteiger partial charge in [-0.05, 0) is 6.42 Å². The molecular formula is C9H16O7. The molecule has 0 unspecified atom stereocenters. The van der Waals surface area contributed by atoms with Crippen LogP contribution in [0.15, 0.2) is 0 Å². The topological polar surface area (TPSA) is 124 Å². The summed E-state index contributed by atoms with van der Waals surface area (Å²) in [5.41, 5.74) is 0. The van der Waals surface area contributed by atoms with Crippen molar-refractivity contribution in [1.82, 2.24) is 0 Å². The van der Waals surface area contributed by atoms with Gasteiger partial charge in [0.2, 0.25) is 0 Å². The third-order valence-corrected chi connectivity index (χ3v) is 1.85. The first-order valence-electron chi connectivity index (χ1n) is 4.79. The summed E-state index contributed by atoms with van der Waals surface area (Å²) >= 11 is 0. The average Bonchev–Trinajstić information content (AvgIpc) is 2.31. The number of ether oxygens (including phenoxy) is 1. The van der Waals surface area contributed by atoms with Crippen molar-refractivity contribution < 1.29 is 34.8 Å². The van der Waals surface area contributed by atoms with Gasteiger partial charge in [0.05, 0.1) is 6.61 Å². The fourth-order valence-corrected chi connectivity index (χ4v) is 0.897. The molecule has 0 fully saturated rings. The average molecular weight is 236 g/mol. The van der Waals surface area contributed by atoms with E-state index in [9.17, 15) is 19.8 Å². The fraction of sp³-hybridized carbons (Fsp3) is 0.778. The second-order valence-electron chi connectivity index (χ2n) is 3.22. The van der Waals surface area contributed by atoms with Gasteiger partial charge in [0.15, 0.2) is 12.4 Å². The maximum absolute atomic E-state index is 11.0. The molecule has 0 amide bonds. The Labute approximate surface area is 92.3 Å². The summed E-state index contributed by atoms with van der Waals surface area (Å²) in [6.07, 6.45) is -7.28. The van der Waals surface area contributed by atoms with Gasteiger partial charge in [0, 0.05) is 0 Å². The lowest BCUT2D eigenvalue weighted by Gasteiger charge is -2.22. The molecule has 0 aliphatic carbocycles. The van der Waals surface area contributed by atoms with E-state index in [1.165, 1.54) is 0 Å². The molecule has 0 spiro atoms. The molecule has 0 rings (SSSR count). The van der Waals surface area contributed by atoms with Gasteiger partial charge in [-0.3, -0.25) is 0 Å². The van der Waals surface area contributed by atoms with E-state index in [4.69, 9.17) is 10.2 Å². The molecule has 0 saturated heterocycles. The summed E-state index contributed by atoms with van der Waals surface area (Å²) in [6.45, 7) is 1.80. The Balaban J connectivity index is 4.30. The smallest absolute Gasteiger partial charge is 0.337 e. The molecule has 16 heavy (non-hydrogen) atoms. The predicted octanol–water partition coefficient (Wildman–Crippen LogP) is -2.42. The highest BCUT2D eigenvalue weighted by molar-refractivity contribution is 5.75. The lowest BCUT2D eigenvalue weighted by atomic mass is 10.0. The number of hydrogen-bond donors (Lipinski definition) is 4. The molecule has 4 N–H and O–H groups in total. The number of esters is 1. The van der Waals surface area contributed by atoms with Crippen LogP contribution in [0.2, 0.25) is 0 Å². The molecular weight excluding hydrogens is 220 g/mol. The molecule has 0 aromatic heterocycles. The van der Waals surface area contributed by atoms with Crippen molar-refractivity contribution in [2.24, 2.45) is 0 Å². The van der Waals surface area contributed by atoms with Gasteiger partial charge in [-0.1, -0.05) is 6.92 Å². The number of aliphatic hydroxyl groups excluding tert-OH is 4. The molecule has 4 atom stereocenters. The fourth-order valence-electron chi connectivity index (χ4n) is 0.897. The standard InChI is InChI=1S/C9H16O7/c1-2-3-16-9(15)8(14)7(13)6(12)5(11)4-10/h4-8,11-14H,2-3H2,1H3/t5-,6-,7-,8-/m0/s1. The summed E-state index contributed by atoms with van der Waals surface area (Å²) < 4.78 is 4.51. The Bertz CT molecular complexity index is 230. The van der Waals surface area contributed by atoms with E-state index in [1.54, 1.807) is 6.92 Å². The third kappa shape index (κ3) is 4.23. The lowest BCUT2D eigenvalue weighted by Crippen LogP contribution is -2.48. The van der Waals surface area contributed by atoms with Crippen LogP contribution in [0.1, 0.15) is 13.3 Å². The molecule has 0 bridgehead atoms. The van der Waals surface area contributed by atoms with E-state index in [0.717, 1.165) is 0 Å². The maximum Gasteiger partial charge on any atom is 0.337 e. The Morgan fingerprint density at radius 1 is 1.25 bits per heavy atom. The number of rotatable bonds is 7. The van der Waals surface area contributed by atoms with E-state index < -0.39 is 30.4 Å². The Morgan fingerprint density at radius 2 is 1.81 bits per heavy atom. The molecule has 7 heteroatoms. The second-order valence-corrected chi connectivity index (χ2v) is 3.22. The predicted molar refractivity (Wildman–Crippen MR) is 51.3 cm³/mol. The number of aliphatic hydroxyl groups is 4. The van der Waals surface area contributed by atoms with E-state index in [0.29, 0.717) is 6.42 Å². The largest absolute Gasteiger partial charge is 0.464 e. The van der Waals surface area contributed by atoms with Gasteiger partial charge in [0.1, 0.15) is 18.3 Å². The van der Waals surface area contributed by atoms with Crippen LogP contribution in [0.4, 0.5) is 0 Å². The minimum atomic E-state index is -2.00. The van der Waals surface area contributed by atoms with Crippen LogP contribution in [0, 0.1) is 0 Å². The summed E-state index contributed by atoms with van der Waals surface area (Å²) in [7, 11) is 0. The van der Waals surface area contributed by atoms with E-state index in [1.807, 2.05) is 0 Å². The highest BCUT2D eigenvalue weighted by atomic mass is 16.5. The number of carbonyl (C=O) groups excluding carboxylic acids is 2. The molecule has 0 saturated carbocycles.